The molecule has 0 aliphatic rings. The van der Waals surface area contributed by atoms with E-state index in [-0.39, 0.29) is 6.61 Å². The Morgan fingerprint density at radius 2 is 2.11 bits per heavy atom. The van der Waals surface area contributed by atoms with Crippen LogP contribution >= 0.6 is 0 Å². The molecule has 1 rings (SSSR count). The number of nitrogens with one attached hydrogen (secondary N) is 1. The number of rotatable bonds is 9. The molecular weight excluding hydrogens is 228 g/mol. The Morgan fingerprint density at radius 1 is 1.33 bits per heavy atom. The molecule has 0 aliphatic carbocycles. The fraction of sp³-hybridized carbons (Fsp3) is 0.500. The second-order valence-corrected chi connectivity index (χ2v) is 4.25. The predicted molar refractivity (Wildman–Crippen MR) is 72.4 cm³/mol. The average molecular weight is 250 g/mol. The van der Waals surface area contributed by atoms with Crippen molar-refractivity contribution in [1.29, 1.82) is 0 Å². The van der Waals surface area contributed by atoms with Gasteiger partial charge in [0, 0.05) is 12.1 Å². The van der Waals surface area contributed by atoms with Crippen LogP contribution in [0.25, 0.3) is 0 Å². The SMILES string of the molecule is CCCCCNCc1ccccc1OCC(N)=O. The fourth-order valence-electron chi connectivity index (χ4n) is 1.66. The lowest BCUT2D eigenvalue weighted by atomic mass is 10.2. The molecule has 1 amide bonds. The number of para-hydroxylation sites is 1. The third kappa shape index (κ3) is 5.68. The summed E-state index contributed by atoms with van der Waals surface area (Å²) in [6.07, 6.45) is 3.65. The van der Waals surface area contributed by atoms with Crippen LogP contribution < -0.4 is 15.8 Å². The minimum absolute atomic E-state index is 0.0765. The van der Waals surface area contributed by atoms with Gasteiger partial charge in [-0.1, -0.05) is 38.0 Å². The Morgan fingerprint density at radius 3 is 2.83 bits per heavy atom. The first-order valence-electron chi connectivity index (χ1n) is 6.43. The van der Waals surface area contributed by atoms with E-state index in [2.05, 4.69) is 12.2 Å². The van der Waals surface area contributed by atoms with E-state index in [1.165, 1.54) is 19.3 Å². The van der Waals surface area contributed by atoms with Crippen molar-refractivity contribution in [3.05, 3.63) is 29.8 Å². The van der Waals surface area contributed by atoms with Crippen LogP contribution in [0.3, 0.4) is 0 Å². The van der Waals surface area contributed by atoms with Gasteiger partial charge in [-0.2, -0.15) is 0 Å². The molecule has 0 saturated heterocycles. The van der Waals surface area contributed by atoms with Crippen LogP contribution in [0, 0.1) is 0 Å². The molecule has 0 radical (unpaired) electrons. The van der Waals surface area contributed by atoms with E-state index in [9.17, 15) is 4.79 Å². The number of carbonyl (C=O) groups excluding carboxylic acids is 1. The summed E-state index contributed by atoms with van der Waals surface area (Å²) in [4.78, 5) is 10.7. The van der Waals surface area contributed by atoms with Gasteiger partial charge in [0.15, 0.2) is 6.61 Å². The van der Waals surface area contributed by atoms with Gasteiger partial charge in [-0.05, 0) is 19.0 Å². The quantitative estimate of drug-likeness (QED) is 0.657. The van der Waals surface area contributed by atoms with Gasteiger partial charge in [0.25, 0.3) is 5.91 Å². The van der Waals surface area contributed by atoms with E-state index in [0.717, 1.165) is 24.4 Å². The first-order valence-corrected chi connectivity index (χ1v) is 6.43. The van der Waals surface area contributed by atoms with Crippen molar-refractivity contribution in [3.8, 4) is 5.75 Å². The van der Waals surface area contributed by atoms with Gasteiger partial charge in [-0.15, -0.1) is 0 Å². The molecule has 1 aromatic rings. The largest absolute Gasteiger partial charge is 0.483 e. The maximum absolute atomic E-state index is 10.7. The van der Waals surface area contributed by atoms with Crippen LogP contribution in [0.1, 0.15) is 31.7 Å². The lowest BCUT2D eigenvalue weighted by Gasteiger charge is -2.11. The average Bonchev–Trinajstić information content (AvgIpc) is 2.37. The second kappa shape index (κ2) is 8.53. The zero-order valence-corrected chi connectivity index (χ0v) is 10.9. The molecule has 18 heavy (non-hydrogen) atoms. The summed E-state index contributed by atoms with van der Waals surface area (Å²) in [5.41, 5.74) is 6.12. The predicted octanol–water partition coefficient (Wildman–Crippen LogP) is 1.83. The molecule has 0 saturated carbocycles. The van der Waals surface area contributed by atoms with Gasteiger partial charge in [0.2, 0.25) is 0 Å². The molecule has 0 aliphatic heterocycles. The molecular formula is C14H22N2O2. The normalized spacial score (nSPS) is 10.3. The summed E-state index contributed by atoms with van der Waals surface area (Å²) < 4.78 is 5.36. The zero-order chi connectivity index (χ0) is 13.2. The molecule has 0 bridgehead atoms. The number of nitrogens with two attached hydrogens (primary N) is 1. The fourth-order valence-corrected chi connectivity index (χ4v) is 1.66. The number of carbonyl (C=O) groups is 1. The van der Waals surface area contributed by atoms with Crippen LogP contribution in [-0.4, -0.2) is 19.1 Å². The third-order valence-corrected chi connectivity index (χ3v) is 2.62. The molecule has 4 heteroatoms. The van der Waals surface area contributed by atoms with Crippen molar-refractivity contribution < 1.29 is 9.53 Å². The number of benzene rings is 1. The van der Waals surface area contributed by atoms with Gasteiger partial charge in [0.05, 0.1) is 0 Å². The second-order valence-electron chi connectivity index (χ2n) is 4.25. The van der Waals surface area contributed by atoms with Crippen molar-refractivity contribution in [1.82, 2.24) is 5.32 Å². The Balaban J connectivity index is 2.41. The first kappa shape index (κ1) is 14.5. The summed E-state index contributed by atoms with van der Waals surface area (Å²) in [6, 6.07) is 7.69. The first-order chi connectivity index (χ1) is 8.74. The Kier molecular flexibility index (Phi) is 6.87. The molecule has 100 valence electrons. The van der Waals surface area contributed by atoms with Gasteiger partial charge < -0.3 is 15.8 Å². The molecule has 4 nitrogen and oxygen atoms in total. The van der Waals surface area contributed by atoms with Crippen molar-refractivity contribution >= 4 is 5.91 Å². The maximum atomic E-state index is 10.7. The number of unbranched alkanes of at least 4 members (excludes halogenated alkanes) is 2. The number of hydrogen-bond acceptors (Lipinski definition) is 3. The third-order valence-electron chi connectivity index (χ3n) is 2.62. The van der Waals surface area contributed by atoms with Gasteiger partial charge in [-0.25, -0.2) is 0 Å². The highest BCUT2D eigenvalue weighted by Gasteiger charge is 2.03. The lowest BCUT2D eigenvalue weighted by molar-refractivity contribution is -0.119. The van der Waals surface area contributed by atoms with Gasteiger partial charge >= 0.3 is 0 Å². The molecule has 0 spiro atoms. The minimum Gasteiger partial charge on any atom is -0.483 e. The maximum Gasteiger partial charge on any atom is 0.255 e. The van der Waals surface area contributed by atoms with Crippen molar-refractivity contribution in [2.75, 3.05) is 13.2 Å². The molecule has 0 heterocycles. The van der Waals surface area contributed by atoms with Crippen molar-refractivity contribution in [2.45, 2.75) is 32.7 Å². The summed E-state index contributed by atoms with van der Waals surface area (Å²) in [6.45, 7) is 3.86. The highest BCUT2D eigenvalue weighted by molar-refractivity contribution is 5.75. The summed E-state index contributed by atoms with van der Waals surface area (Å²) in [7, 11) is 0. The number of amides is 1. The number of primary amides is 1. The molecule has 0 unspecified atom stereocenters. The Hall–Kier alpha value is -1.55. The molecule has 3 N–H and O–H groups in total. The van der Waals surface area contributed by atoms with E-state index in [1.807, 2.05) is 24.3 Å². The van der Waals surface area contributed by atoms with Crippen LogP contribution in [0.4, 0.5) is 0 Å². The molecule has 0 aromatic heterocycles. The van der Waals surface area contributed by atoms with E-state index < -0.39 is 5.91 Å². The van der Waals surface area contributed by atoms with Crippen LogP contribution in [0.5, 0.6) is 5.75 Å². The van der Waals surface area contributed by atoms with E-state index in [0.29, 0.717) is 0 Å². The van der Waals surface area contributed by atoms with Crippen molar-refractivity contribution in [3.63, 3.8) is 0 Å². The summed E-state index contributed by atoms with van der Waals surface area (Å²) >= 11 is 0. The Bertz CT molecular complexity index is 367. The number of ether oxygens (including phenoxy) is 1. The van der Waals surface area contributed by atoms with E-state index in [4.69, 9.17) is 10.5 Å². The van der Waals surface area contributed by atoms with E-state index >= 15 is 0 Å². The highest BCUT2D eigenvalue weighted by Crippen LogP contribution is 2.17. The van der Waals surface area contributed by atoms with Crippen LogP contribution in [0.2, 0.25) is 0 Å². The summed E-state index contributed by atoms with van der Waals surface area (Å²) in [5, 5.41) is 3.37. The van der Waals surface area contributed by atoms with Crippen molar-refractivity contribution in [2.24, 2.45) is 5.73 Å². The zero-order valence-electron chi connectivity index (χ0n) is 10.9. The van der Waals surface area contributed by atoms with Crippen LogP contribution in [0.15, 0.2) is 24.3 Å². The smallest absolute Gasteiger partial charge is 0.255 e. The number of hydrogen-bond donors (Lipinski definition) is 2. The topological polar surface area (TPSA) is 64.3 Å². The van der Waals surface area contributed by atoms with E-state index in [1.54, 1.807) is 0 Å². The molecule has 1 aromatic carbocycles. The Labute approximate surface area is 109 Å². The summed E-state index contributed by atoms with van der Waals surface area (Å²) in [5.74, 6) is 0.264. The minimum atomic E-state index is -0.458. The van der Waals surface area contributed by atoms with Crippen LogP contribution in [-0.2, 0) is 11.3 Å². The monoisotopic (exact) mass is 250 g/mol. The molecule has 0 fully saturated rings. The highest BCUT2D eigenvalue weighted by atomic mass is 16.5. The van der Waals surface area contributed by atoms with Gasteiger partial charge in [0.1, 0.15) is 5.75 Å². The molecule has 0 atom stereocenters. The standard InChI is InChI=1S/C14H22N2O2/c1-2-3-6-9-16-10-12-7-4-5-8-13(12)18-11-14(15)17/h4-5,7-8,16H,2-3,6,9-11H2,1H3,(H2,15,17). The lowest BCUT2D eigenvalue weighted by Crippen LogP contribution is -2.21. The van der Waals surface area contributed by atoms with Gasteiger partial charge in [-0.3, -0.25) is 4.79 Å².